The fraction of sp³-hybridized carbons (Fsp3) is 0.409. The summed E-state index contributed by atoms with van der Waals surface area (Å²) in [5.74, 6) is -1.44. The van der Waals surface area contributed by atoms with E-state index in [9.17, 15) is 26.4 Å². The molecule has 2 saturated heterocycles. The number of piperidine rings is 1. The van der Waals surface area contributed by atoms with E-state index in [-0.39, 0.29) is 17.9 Å². The quantitative estimate of drug-likeness (QED) is 0.664. The molecule has 0 bridgehead atoms. The minimum Gasteiger partial charge on any atom is -0.315 e. The van der Waals surface area contributed by atoms with Crippen LogP contribution in [-0.4, -0.2) is 44.7 Å². The van der Waals surface area contributed by atoms with Gasteiger partial charge in [-0.05, 0) is 43.2 Å². The van der Waals surface area contributed by atoms with Crippen LogP contribution in [0.2, 0.25) is 0 Å². The molecule has 10 heteroatoms. The normalized spacial score (nSPS) is 19.7. The minimum atomic E-state index is -4.27. The summed E-state index contributed by atoms with van der Waals surface area (Å²) in [6.07, 6.45) is -4.75. The van der Waals surface area contributed by atoms with Crippen LogP contribution >= 0.6 is 0 Å². The Morgan fingerprint density at radius 2 is 1.62 bits per heavy atom. The van der Waals surface area contributed by atoms with E-state index in [0.717, 1.165) is 18.7 Å². The first-order valence-corrected chi connectivity index (χ1v) is 11.6. The Kier molecular flexibility index (Phi) is 7.26. The molecule has 0 saturated carbocycles. The van der Waals surface area contributed by atoms with Gasteiger partial charge in [0.2, 0.25) is 5.91 Å². The summed E-state index contributed by atoms with van der Waals surface area (Å²) in [5.41, 5.74) is 2.85. The molecule has 6 nitrogen and oxygen atoms in total. The molecule has 1 atom stereocenters. The Bertz CT molecular complexity index is 1030. The number of carbonyl (C=O) groups excluding carboxylic acids is 1. The highest BCUT2D eigenvalue weighted by atomic mass is 32.2. The summed E-state index contributed by atoms with van der Waals surface area (Å²) in [6.45, 7) is 3.88. The van der Waals surface area contributed by atoms with E-state index in [0.29, 0.717) is 11.6 Å². The van der Waals surface area contributed by atoms with Crippen molar-refractivity contribution in [2.24, 2.45) is 5.92 Å². The number of rotatable bonds is 3. The van der Waals surface area contributed by atoms with Gasteiger partial charge in [-0.2, -0.15) is 21.6 Å². The second kappa shape index (κ2) is 9.60. The van der Waals surface area contributed by atoms with E-state index in [1.54, 1.807) is 12.1 Å². The molecule has 32 heavy (non-hydrogen) atoms. The van der Waals surface area contributed by atoms with Crippen molar-refractivity contribution in [1.82, 2.24) is 5.32 Å². The molecule has 0 unspecified atom stereocenters. The lowest BCUT2D eigenvalue weighted by Crippen LogP contribution is -2.43. The van der Waals surface area contributed by atoms with Crippen molar-refractivity contribution in [3.8, 4) is 0 Å². The molecule has 2 heterocycles. The standard InChI is InChI=1S/C15H17F3N2O.C7H8O3S/c16-15(17,18)12-5-6-20(14(21)7-12)13-3-1-10(2-4-13)11-8-19-9-11;1-6-2-4-7(5-3-6)11(8,9)10/h1-4,11-12,19H,5-9H2;2-5H,1H3,(H,8,9,10)/t12-;/m0./s1. The number of amides is 1. The van der Waals surface area contributed by atoms with Crippen LogP contribution in [0.1, 0.15) is 29.9 Å². The predicted molar refractivity (Wildman–Crippen MR) is 114 cm³/mol. The van der Waals surface area contributed by atoms with Crippen LogP contribution in [0, 0.1) is 12.8 Å². The van der Waals surface area contributed by atoms with Crippen molar-refractivity contribution in [3.05, 3.63) is 59.7 Å². The smallest absolute Gasteiger partial charge is 0.315 e. The van der Waals surface area contributed by atoms with Crippen LogP contribution in [0.5, 0.6) is 0 Å². The first-order valence-electron chi connectivity index (χ1n) is 10.2. The van der Waals surface area contributed by atoms with Crippen LogP contribution in [0.4, 0.5) is 18.9 Å². The van der Waals surface area contributed by atoms with E-state index in [4.69, 9.17) is 4.55 Å². The molecule has 0 aliphatic carbocycles. The molecule has 2 aliphatic rings. The Balaban J connectivity index is 0.000000222. The average Bonchev–Trinajstić information content (AvgIpc) is 2.67. The third-order valence-corrected chi connectivity index (χ3v) is 6.53. The van der Waals surface area contributed by atoms with Crippen molar-refractivity contribution >= 4 is 21.7 Å². The molecular formula is C22H25F3N2O4S. The van der Waals surface area contributed by atoms with Gasteiger partial charge in [-0.3, -0.25) is 9.35 Å². The number of hydrogen-bond donors (Lipinski definition) is 2. The number of nitrogens with zero attached hydrogens (tertiary/aromatic N) is 1. The lowest BCUT2D eigenvalue weighted by molar-refractivity contribution is -0.182. The van der Waals surface area contributed by atoms with Gasteiger partial charge in [0.25, 0.3) is 10.1 Å². The average molecular weight is 471 g/mol. The zero-order valence-electron chi connectivity index (χ0n) is 17.5. The highest BCUT2D eigenvalue weighted by Crippen LogP contribution is 2.36. The fourth-order valence-electron chi connectivity index (χ4n) is 3.55. The third kappa shape index (κ3) is 6.08. The first-order chi connectivity index (χ1) is 14.9. The molecule has 1 amide bonds. The number of hydrogen-bond acceptors (Lipinski definition) is 4. The molecule has 2 aromatic rings. The predicted octanol–water partition coefficient (Wildman–Crippen LogP) is 3.92. The molecule has 4 rings (SSSR count). The number of alkyl halides is 3. The summed E-state index contributed by atoms with van der Waals surface area (Å²) >= 11 is 0. The first kappa shape index (κ1) is 24.2. The Labute approximate surface area is 185 Å². The molecule has 2 aliphatic heterocycles. The lowest BCUT2D eigenvalue weighted by atomic mass is 9.92. The van der Waals surface area contributed by atoms with Gasteiger partial charge in [-0.15, -0.1) is 0 Å². The van der Waals surface area contributed by atoms with Gasteiger partial charge in [0.05, 0.1) is 10.8 Å². The Morgan fingerprint density at radius 3 is 2.06 bits per heavy atom. The zero-order valence-corrected chi connectivity index (χ0v) is 18.3. The van der Waals surface area contributed by atoms with Gasteiger partial charge in [-0.1, -0.05) is 29.8 Å². The number of carbonyl (C=O) groups is 1. The van der Waals surface area contributed by atoms with Gasteiger partial charge in [-0.25, -0.2) is 0 Å². The van der Waals surface area contributed by atoms with Crippen LogP contribution in [-0.2, 0) is 14.9 Å². The van der Waals surface area contributed by atoms with Crippen LogP contribution in [0.3, 0.4) is 0 Å². The van der Waals surface area contributed by atoms with Crippen LogP contribution < -0.4 is 10.2 Å². The summed E-state index contributed by atoms with van der Waals surface area (Å²) in [4.78, 5) is 13.4. The highest BCUT2D eigenvalue weighted by molar-refractivity contribution is 7.85. The topological polar surface area (TPSA) is 86.7 Å². The lowest BCUT2D eigenvalue weighted by Gasteiger charge is -2.33. The molecule has 0 aromatic heterocycles. The highest BCUT2D eigenvalue weighted by Gasteiger charge is 2.44. The summed E-state index contributed by atoms with van der Waals surface area (Å²) in [5, 5.41) is 3.19. The number of anilines is 1. The summed E-state index contributed by atoms with van der Waals surface area (Å²) < 4.78 is 67.5. The largest absolute Gasteiger partial charge is 0.392 e. The van der Waals surface area contributed by atoms with Gasteiger partial charge < -0.3 is 10.2 Å². The maximum absolute atomic E-state index is 12.7. The number of halogens is 3. The monoisotopic (exact) mass is 470 g/mol. The van der Waals surface area contributed by atoms with E-state index < -0.39 is 34.5 Å². The van der Waals surface area contributed by atoms with Crippen molar-refractivity contribution in [3.63, 3.8) is 0 Å². The molecule has 2 N–H and O–H groups in total. The van der Waals surface area contributed by atoms with Crippen molar-refractivity contribution < 1.29 is 30.9 Å². The number of aryl methyl sites for hydroxylation is 1. The summed E-state index contributed by atoms with van der Waals surface area (Å²) in [6, 6.07) is 13.6. The Hall–Kier alpha value is -2.43. The SMILES string of the molecule is Cc1ccc(S(=O)(=O)O)cc1.O=C1C[C@@H](C(F)(F)F)CCN1c1ccc(C2CNC2)cc1. The van der Waals surface area contributed by atoms with Crippen molar-refractivity contribution in [2.45, 2.75) is 36.8 Å². The molecule has 0 radical (unpaired) electrons. The maximum Gasteiger partial charge on any atom is 0.392 e. The third-order valence-electron chi connectivity index (χ3n) is 5.66. The van der Waals surface area contributed by atoms with Gasteiger partial charge in [0.15, 0.2) is 0 Å². The maximum atomic E-state index is 12.7. The molecule has 174 valence electrons. The molecular weight excluding hydrogens is 445 g/mol. The summed E-state index contributed by atoms with van der Waals surface area (Å²) in [7, 11) is -4.02. The second-order valence-corrected chi connectivity index (χ2v) is 9.43. The molecule has 2 fully saturated rings. The fourth-order valence-corrected chi connectivity index (χ4v) is 4.03. The van der Waals surface area contributed by atoms with E-state index in [2.05, 4.69) is 5.32 Å². The second-order valence-electron chi connectivity index (χ2n) is 8.01. The van der Waals surface area contributed by atoms with Crippen LogP contribution in [0.25, 0.3) is 0 Å². The zero-order chi connectivity index (χ0) is 23.5. The number of nitrogens with one attached hydrogen (secondary N) is 1. The van der Waals surface area contributed by atoms with Gasteiger partial charge in [0, 0.05) is 37.7 Å². The van der Waals surface area contributed by atoms with Gasteiger partial charge >= 0.3 is 6.18 Å². The van der Waals surface area contributed by atoms with Gasteiger partial charge in [0.1, 0.15) is 0 Å². The van der Waals surface area contributed by atoms with Crippen LogP contribution in [0.15, 0.2) is 53.4 Å². The Morgan fingerprint density at radius 1 is 1.03 bits per heavy atom. The van der Waals surface area contributed by atoms with Crippen molar-refractivity contribution in [2.75, 3.05) is 24.5 Å². The van der Waals surface area contributed by atoms with Crippen molar-refractivity contribution in [1.29, 1.82) is 0 Å². The molecule has 0 spiro atoms. The van der Waals surface area contributed by atoms with E-state index >= 15 is 0 Å². The molecule has 2 aromatic carbocycles. The van der Waals surface area contributed by atoms with E-state index in [1.807, 2.05) is 31.2 Å². The number of benzene rings is 2. The minimum absolute atomic E-state index is 0.0243. The van der Waals surface area contributed by atoms with E-state index in [1.165, 1.54) is 22.6 Å².